The molecule has 8 heteroatoms. The predicted molar refractivity (Wildman–Crippen MR) is 63.5 cm³/mol. The molecule has 0 N–H and O–H groups in total. The lowest BCUT2D eigenvalue weighted by atomic mass is 10.2. The van der Waals surface area contributed by atoms with Crippen LogP contribution in [0.4, 0.5) is 13.2 Å². The first-order valence-corrected chi connectivity index (χ1v) is 6.63. The summed E-state index contributed by atoms with van der Waals surface area (Å²) in [6.45, 7) is 1.53. The number of rotatable bonds is 4. The molecular formula is C11H12BrF3N2O2. The highest BCUT2D eigenvalue weighted by Gasteiger charge is 2.41. The number of halogens is 4. The molecule has 106 valence electrons. The third-order valence-corrected chi connectivity index (χ3v) is 3.53. The van der Waals surface area contributed by atoms with Gasteiger partial charge >= 0.3 is 12.1 Å². The monoisotopic (exact) mass is 340 g/mol. The molecule has 1 fully saturated rings. The SMILES string of the molecule is CCOC(=O)Cn1nc(C(F)(F)F)c(Br)c1C1CC1. The maximum Gasteiger partial charge on any atom is 0.436 e. The van der Waals surface area contributed by atoms with Gasteiger partial charge in [-0.2, -0.15) is 18.3 Å². The molecule has 0 saturated heterocycles. The van der Waals surface area contributed by atoms with Crippen LogP contribution in [0.5, 0.6) is 0 Å². The molecule has 1 aromatic rings. The number of carbonyl (C=O) groups is 1. The standard InChI is InChI=1S/C11H12BrF3N2O2/c1-2-19-7(18)5-17-9(6-3-4-6)8(12)10(16-17)11(13,14)15/h6H,2-5H2,1H3. The molecule has 0 spiro atoms. The first-order valence-electron chi connectivity index (χ1n) is 5.83. The third-order valence-electron chi connectivity index (χ3n) is 2.75. The average Bonchev–Trinajstić information content (AvgIpc) is 3.04. The van der Waals surface area contributed by atoms with Crippen molar-refractivity contribution in [2.75, 3.05) is 6.61 Å². The van der Waals surface area contributed by atoms with Gasteiger partial charge in [-0.05, 0) is 35.7 Å². The molecule has 1 heterocycles. The van der Waals surface area contributed by atoms with Gasteiger partial charge in [0.15, 0.2) is 5.69 Å². The summed E-state index contributed by atoms with van der Waals surface area (Å²) < 4.78 is 44.1. The Labute approximate surface area is 116 Å². The van der Waals surface area contributed by atoms with Gasteiger partial charge < -0.3 is 4.74 Å². The van der Waals surface area contributed by atoms with Crippen LogP contribution in [0.1, 0.15) is 37.1 Å². The summed E-state index contributed by atoms with van der Waals surface area (Å²) in [5.41, 5.74) is -0.556. The second kappa shape index (κ2) is 5.15. The Morgan fingerprint density at radius 1 is 1.53 bits per heavy atom. The summed E-state index contributed by atoms with van der Waals surface area (Å²) in [5, 5.41) is 3.51. The van der Waals surface area contributed by atoms with E-state index in [0.717, 1.165) is 17.5 Å². The maximum absolute atomic E-state index is 12.8. The van der Waals surface area contributed by atoms with Crippen LogP contribution in [0.2, 0.25) is 0 Å². The first kappa shape index (κ1) is 14.4. The third kappa shape index (κ3) is 3.10. The number of nitrogens with zero attached hydrogens (tertiary/aromatic N) is 2. The minimum Gasteiger partial charge on any atom is -0.465 e. The Kier molecular flexibility index (Phi) is 3.89. The Hall–Kier alpha value is -1.05. The van der Waals surface area contributed by atoms with E-state index in [1.165, 1.54) is 0 Å². The summed E-state index contributed by atoms with van der Waals surface area (Å²) in [5.74, 6) is -0.555. The summed E-state index contributed by atoms with van der Waals surface area (Å²) in [6, 6.07) is 0. The molecular weight excluding hydrogens is 329 g/mol. The van der Waals surface area contributed by atoms with E-state index in [4.69, 9.17) is 4.74 Å². The van der Waals surface area contributed by atoms with Crippen molar-refractivity contribution in [3.63, 3.8) is 0 Å². The Balaban J connectivity index is 2.34. The highest BCUT2D eigenvalue weighted by molar-refractivity contribution is 9.10. The highest BCUT2D eigenvalue weighted by Crippen LogP contribution is 2.46. The highest BCUT2D eigenvalue weighted by atomic mass is 79.9. The molecule has 1 saturated carbocycles. The molecule has 0 unspecified atom stereocenters. The van der Waals surface area contributed by atoms with Crippen molar-refractivity contribution < 1.29 is 22.7 Å². The van der Waals surface area contributed by atoms with E-state index in [1.807, 2.05) is 0 Å². The number of esters is 1. The largest absolute Gasteiger partial charge is 0.465 e. The number of hydrogen-bond acceptors (Lipinski definition) is 3. The van der Waals surface area contributed by atoms with Crippen LogP contribution >= 0.6 is 15.9 Å². The van der Waals surface area contributed by atoms with Crippen molar-refractivity contribution >= 4 is 21.9 Å². The lowest BCUT2D eigenvalue weighted by molar-refractivity contribution is -0.146. The van der Waals surface area contributed by atoms with Crippen LogP contribution in [-0.2, 0) is 22.3 Å². The summed E-state index contributed by atoms with van der Waals surface area (Å²) in [4.78, 5) is 11.4. The van der Waals surface area contributed by atoms with Crippen molar-refractivity contribution in [1.82, 2.24) is 9.78 Å². The number of hydrogen-bond donors (Lipinski definition) is 0. The Morgan fingerprint density at radius 3 is 2.63 bits per heavy atom. The van der Waals surface area contributed by atoms with Crippen LogP contribution < -0.4 is 0 Å². The summed E-state index contributed by atoms with van der Waals surface area (Å²) in [6.07, 6.45) is -2.92. The van der Waals surface area contributed by atoms with E-state index in [-0.39, 0.29) is 23.5 Å². The molecule has 0 aromatic carbocycles. The van der Waals surface area contributed by atoms with Gasteiger partial charge in [0.25, 0.3) is 0 Å². The van der Waals surface area contributed by atoms with Crippen molar-refractivity contribution in [2.24, 2.45) is 0 Å². The van der Waals surface area contributed by atoms with Gasteiger partial charge in [-0.25, -0.2) is 0 Å². The fourth-order valence-corrected chi connectivity index (χ4v) is 2.66. The average molecular weight is 341 g/mol. The van der Waals surface area contributed by atoms with Gasteiger partial charge in [0.2, 0.25) is 0 Å². The van der Waals surface area contributed by atoms with Gasteiger partial charge in [0, 0.05) is 5.92 Å². The van der Waals surface area contributed by atoms with E-state index in [2.05, 4.69) is 21.0 Å². The van der Waals surface area contributed by atoms with Crippen molar-refractivity contribution in [1.29, 1.82) is 0 Å². The van der Waals surface area contributed by atoms with Crippen molar-refractivity contribution in [3.8, 4) is 0 Å². The molecule has 4 nitrogen and oxygen atoms in total. The molecule has 0 atom stereocenters. The van der Waals surface area contributed by atoms with Gasteiger partial charge in [-0.3, -0.25) is 9.48 Å². The predicted octanol–water partition coefficient (Wildman–Crippen LogP) is 3.10. The van der Waals surface area contributed by atoms with E-state index < -0.39 is 17.8 Å². The molecule has 0 radical (unpaired) electrons. The number of aromatic nitrogens is 2. The van der Waals surface area contributed by atoms with E-state index in [0.29, 0.717) is 5.69 Å². The van der Waals surface area contributed by atoms with Crippen molar-refractivity contribution in [2.45, 2.75) is 38.4 Å². The van der Waals surface area contributed by atoms with Gasteiger partial charge in [-0.1, -0.05) is 0 Å². The van der Waals surface area contributed by atoms with E-state index in [9.17, 15) is 18.0 Å². The molecule has 19 heavy (non-hydrogen) atoms. The second-order valence-corrected chi connectivity index (χ2v) is 5.08. The van der Waals surface area contributed by atoms with Gasteiger partial charge in [-0.15, -0.1) is 0 Å². The van der Waals surface area contributed by atoms with Crippen LogP contribution in [0.3, 0.4) is 0 Å². The van der Waals surface area contributed by atoms with Crippen LogP contribution in [-0.4, -0.2) is 22.4 Å². The zero-order valence-electron chi connectivity index (χ0n) is 10.1. The fraction of sp³-hybridized carbons (Fsp3) is 0.636. The maximum atomic E-state index is 12.8. The number of carbonyl (C=O) groups excluding carboxylic acids is 1. The summed E-state index contributed by atoms with van der Waals surface area (Å²) in [7, 11) is 0. The Bertz CT molecular complexity index is 495. The number of ether oxygens (including phenoxy) is 1. The smallest absolute Gasteiger partial charge is 0.436 e. The molecule has 2 rings (SSSR count). The normalized spacial score (nSPS) is 15.6. The fourth-order valence-electron chi connectivity index (χ4n) is 1.83. The van der Waals surface area contributed by atoms with Crippen LogP contribution in [0.15, 0.2) is 4.47 Å². The van der Waals surface area contributed by atoms with E-state index >= 15 is 0 Å². The topological polar surface area (TPSA) is 44.1 Å². The van der Waals surface area contributed by atoms with Crippen LogP contribution in [0.25, 0.3) is 0 Å². The van der Waals surface area contributed by atoms with Gasteiger partial charge in [0.1, 0.15) is 6.54 Å². The summed E-state index contributed by atoms with van der Waals surface area (Å²) >= 11 is 2.95. The number of alkyl halides is 3. The molecule has 0 amide bonds. The zero-order chi connectivity index (χ0) is 14.2. The minimum atomic E-state index is -4.54. The lowest BCUT2D eigenvalue weighted by Crippen LogP contribution is -2.17. The van der Waals surface area contributed by atoms with Crippen molar-refractivity contribution in [3.05, 3.63) is 15.9 Å². The van der Waals surface area contributed by atoms with Gasteiger partial charge in [0.05, 0.1) is 16.8 Å². The first-order chi connectivity index (χ1) is 8.84. The molecule has 0 aliphatic heterocycles. The molecule has 1 aromatic heterocycles. The molecule has 1 aliphatic rings. The second-order valence-electron chi connectivity index (χ2n) is 4.28. The quantitative estimate of drug-likeness (QED) is 0.791. The Morgan fingerprint density at radius 2 is 2.16 bits per heavy atom. The zero-order valence-corrected chi connectivity index (χ0v) is 11.7. The molecule has 1 aliphatic carbocycles. The van der Waals surface area contributed by atoms with Crippen LogP contribution in [0, 0.1) is 0 Å². The minimum absolute atomic E-state index is 0.0346. The molecule has 0 bridgehead atoms. The van der Waals surface area contributed by atoms with E-state index in [1.54, 1.807) is 6.92 Å². The lowest BCUT2D eigenvalue weighted by Gasteiger charge is -2.06.